The second-order valence-electron chi connectivity index (χ2n) is 7.82. The van der Waals surface area contributed by atoms with Crippen molar-refractivity contribution < 1.29 is 23.1 Å². The topological polar surface area (TPSA) is 64.3 Å². The molecule has 1 heterocycles. The van der Waals surface area contributed by atoms with Gasteiger partial charge in [-0.2, -0.15) is 31.1 Å². The highest BCUT2D eigenvalue weighted by Crippen LogP contribution is 2.60. The smallest absolute Gasteiger partial charge is 0.392 e. The summed E-state index contributed by atoms with van der Waals surface area (Å²) in [5, 5.41) is 17.7. The van der Waals surface area contributed by atoms with Crippen LogP contribution in [0.2, 0.25) is 0 Å². The van der Waals surface area contributed by atoms with E-state index in [4.69, 9.17) is 5.26 Å². The molecule has 0 bridgehead atoms. The minimum absolute atomic E-state index is 0.0899. The van der Waals surface area contributed by atoms with Gasteiger partial charge in [-0.25, -0.2) is 0 Å². The van der Waals surface area contributed by atoms with Crippen LogP contribution in [-0.2, 0) is 17.6 Å². The third-order valence-corrected chi connectivity index (χ3v) is 6.81. The van der Waals surface area contributed by atoms with Crippen LogP contribution in [0.3, 0.4) is 0 Å². The van der Waals surface area contributed by atoms with E-state index < -0.39 is 28.1 Å². The zero-order chi connectivity index (χ0) is 21.7. The number of halogens is 3. The minimum Gasteiger partial charge on any atom is -0.392 e. The number of anilines is 1. The lowest BCUT2D eigenvalue weighted by Gasteiger charge is -2.41. The van der Waals surface area contributed by atoms with Crippen molar-refractivity contribution in [3.8, 4) is 6.07 Å². The number of nitrogens with zero attached hydrogens (tertiary/aromatic N) is 2. The molecule has 0 aromatic heterocycles. The molecule has 2 aromatic rings. The fourth-order valence-corrected chi connectivity index (χ4v) is 5.31. The van der Waals surface area contributed by atoms with Crippen LogP contribution in [0, 0.1) is 16.7 Å². The van der Waals surface area contributed by atoms with Crippen LogP contribution in [0.4, 0.5) is 18.9 Å². The zero-order valence-electron chi connectivity index (χ0n) is 15.9. The van der Waals surface area contributed by atoms with Crippen molar-refractivity contribution in [1.82, 2.24) is 0 Å². The average Bonchev–Trinajstić information content (AvgIpc) is 2.93. The van der Waals surface area contributed by atoms with Crippen LogP contribution in [-0.4, -0.2) is 16.4 Å². The molecule has 0 radical (unpaired) electrons. The van der Waals surface area contributed by atoms with Gasteiger partial charge in [0.25, 0.3) is 0 Å². The van der Waals surface area contributed by atoms with Gasteiger partial charge in [0.1, 0.15) is 0 Å². The van der Waals surface area contributed by atoms with Gasteiger partial charge in [0.2, 0.25) is 5.91 Å². The molecule has 1 N–H and O–H groups in total. The molecule has 2 aliphatic rings. The van der Waals surface area contributed by atoms with E-state index in [0.717, 1.165) is 29.7 Å². The highest BCUT2D eigenvalue weighted by atomic mass is 32.1. The van der Waals surface area contributed by atoms with Crippen LogP contribution in [0.5, 0.6) is 0 Å². The van der Waals surface area contributed by atoms with Crippen molar-refractivity contribution in [2.75, 3.05) is 4.90 Å². The van der Waals surface area contributed by atoms with E-state index in [1.165, 1.54) is 11.0 Å². The Morgan fingerprint density at radius 2 is 1.87 bits per heavy atom. The van der Waals surface area contributed by atoms with E-state index in [0.29, 0.717) is 12.8 Å². The first-order valence-corrected chi connectivity index (χ1v) is 10.1. The first kappa shape index (κ1) is 20.8. The van der Waals surface area contributed by atoms with E-state index >= 15 is 0 Å². The maximum Gasteiger partial charge on any atom is 0.417 e. The SMILES string of the molecule is N#Cc1ccc(N2C(=O)C3(CCC3)C(c3ccc(CO)cc3)C2S)cc1C(F)(F)F. The predicted octanol–water partition coefficient (Wildman–Crippen LogP) is 4.63. The van der Waals surface area contributed by atoms with Crippen LogP contribution in [0.25, 0.3) is 0 Å². The normalized spacial score (nSPS) is 22.8. The Morgan fingerprint density at radius 1 is 1.20 bits per heavy atom. The van der Waals surface area contributed by atoms with E-state index in [2.05, 4.69) is 12.6 Å². The van der Waals surface area contributed by atoms with E-state index in [1.807, 2.05) is 12.1 Å². The second-order valence-corrected chi connectivity index (χ2v) is 8.34. The lowest BCUT2D eigenvalue weighted by atomic mass is 9.60. The van der Waals surface area contributed by atoms with Crippen LogP contribution in [0.15, 0.2) is 42.5 Å². The maximum absolute atomic E-state index is 13.4. The third kappa shape index (κ3) is 3.08. The lowest BCUT2D eigenvalue weighted by Crippen LogP contribution is -2.41. The Kier molecular flexibility index (Phi) is 5.07. The van der Waals surface area contributed by atoms with E-state index in [9.17, 15) is 23.1 Å². The predicted molar refractivity (Wildman–Crippen MR) is 108 cm³/mol. The molecule has 156 valence electrons. The van der Waals surface area contributed by atoms with Gasteiger partial charge in [0.05, 0.1) is 34.6 Å². The molecule has 1 saturated carbocycles. The van der Waals surface area contributed by atoms with Crippen LogP contribution in [0.1, 0.15) is 47.4 Å². The number of thiol groups is 1. The average molecular weight is 432 g/mol. The van der Waals surface area contributed by atoms with Crippen molar-refractivity contribution in [3.05, 3.63) is 64.7 Å². The lowest BCUT2D eigenvalue weighted by molar-refractivity contribution is -0.138. The van der Waals surface area contributed by atoms with E-state index in [1.54, 1.807) is 18.2 Å². The summed E-state index contributed by atoms with van der Waals surface area (Å²) >= 11 is 4.68. The molecule has 2 unspecified atom stereocenters. The van der Waals surface area contributed by atoms with Crippen LogP contribution >= 0.6 is 12.6 Å². The summed E-state index contributed by atoms with van der Waals surface area (Å²) in [5.41, 5.74) is -0.545. The molecule has 4 rings (SSSR count). The third-order valence-electron chi connectivity index (χ3n) is 6.28. The number of carbonyl (C=O) groups is 1. The molecular formula is C22H19F3N2O2S. The van der Waals surface area contributed by atoms with Gasteiger partial charge in [0.15, 0.2) is 0 Å². The molecule has 1 aliphatic heterocycles. The fourth-order valence-electron chi connectivity index (χ4n) is 4.62. The Hall–Kier alpha value is -2.50. The standard InChI is InChI=1S/C22H19F3N2O2S/c23-22(24,25)17-10-16(7-6-15(17)11-26)27-19(30)18(21(20(27)29)8-1-9-21)14-4-2-13(12-28)3-5-14/h2-7,10,18-19,28,30H,1,8-9,12H2. The molecule has 2 aromatic carbocycles. The first-order valence-electron chi connectivity index (χ1n) is 9.56. The van der Waals surface area contributed by atoms with Crippen molar-refractivity contribution >= 4 is 24.2 Å². The van der Waals surface area contributed by atoms with Gasteiger partial charge in [-0.1, -0.05) is 30.7 Å². The number of aliphatic hydroxyl groups excluding tert-OH is 1. The van der Waals surface area contributed by atoms with Crippen molar-refractivity contribution in [2.24, 2.45) is 5.41 Å². The van der Waals surface area contributed by atoms with Gasteiger partial charge in [-0.3, -0.25) is 9.69 Å². The molecule has 1 aliphatic carbocycles. The number of alkyl halides is 3. The molecule has 1 spiro atoms. The van der Waals surface area contributed by atoms with Gasteiger partial charge >= 0.3 is 6.18 Å². The molecule has 8 heteroatoms. The number of benzene rings is 2. The van der Waals surface area contributed by atoms with Gasteiger partial charge in [-0.15, -0.1) is 0 Å². The summed E-state index contributed by atoms with van der Waals surface area (Å²) < 4.78 is 40.3. The largest absolute Gasteiger partial charge is 0.417 e. The summed E-state index contributed by atoms with van der Waals surface area (Å²) in [4.78, 5) is 14.8. The molecule has 2 fully saturated rings. The van der Waals surface area contributed by atoms with Crippen LogP contribution < -0.4 is 4.90 Å². The summed E-state index contributed by atoms with van der Waals surface area (Å²) in [6, 6.07) is 12.1. The van der Waals surface area contributed by atoms with Gasteiger partial charge in [0, 0.05) is 11.6 Å². The number of aliphatic hydroxyl groups is 1. The van der Waals surface area contributed by atoms with Gasteiger partial charge < -0.3 is 5.11 Å². The van der Waals surface area contributed by atoms with E-state index in [-0.39, 0.29) is 24.1 Å². The Labute approximate surface area is 177 Å². The maximum atomic E-state index is 13.4. The number of hydrogen-bond acceptors (Lipinski definition) is 4. The number of nitriles is 1. The zero-order valence-corrected chi connectivity index (χ0v) is 16.8. The Bertz CT molecular complexity index is 1030. The summed E-state index contributed by atoms with van der Waals surface area (Å²) in [6.07, 6.45) is -2.54. The van der Waals surface area contributed by atoms with Gasteiger partial charge in [-0.05, 0) is 42.2 Å². The molecule has 30 heavy (non-hydrogen) atoms. The summed E-state index contributed by atoms with van der Waals surface area (Å²) in [5.74, 6) is -0.525. The number of rotatable bonds is 3. The van der Waals surface area contributed by atoms with Crippen molar-refractivity contribution in [2.45, 2.75) is 43.3 Å². The monoisotopic (exact) mass is 432 g/mol. The Morgan fingerprint density at radius 3 is 2.37 bits per heavy atom. The minimum atomic E-state index is -4.70. The number of amides is 1. The number of hydrogen-bond donors (Lipinski definition) is 2. The molecular weight excluding hydrogens is 413 g/mol. The fraction of sp³-hybridized carbons (Fsp3) is 0.364. The highest BCUT2D eigenvalue weighted by molar-refractivity contribution is 7.81. The highest BCUT2D eigenvalue weighted by Gasteiger charge is 2.61. The molecule has 1 saturated heterocycles. The first-order chi connectivity index (χ1) is 14.2. The second kappa shape index (κ2) is 7.33. The summed E-state index contributed by atoms with van der Waals surface area (Å²) in [7, 11) is 0. The quantitative estimate of drug-likeness (QED) is 0.696. The number of carbonyl (C=O) groups excluding carboxylic acids is 1. The molecule has 1 amide bonds. The molecule has 4 nitrogen and oxygen atoms in total. The Balaban J connectivity index is 1.79. The van der Waals surface area contributed by atoms with Crippen molar-refractivity contribution in [3.63, 3.8) is 0 Å². The van der Waals surface area contributed by atoms with Crippen molar-refractivity contribution in [1.29, 1.82) is 5.26 Å². The summed E-state index contributed by atoms with van der Waals surface area (Å²) in [6.45, 7) is -0.100. The molecule has 2 atom stereocenters.